The number of carbonyl (C=O) groups is 2. The highest BCUT2D eigenvalue weighted by atomic mass is 16.4. The van der Waals surface area contributed by atoms with Crippen molar-refractivity contribution in [3.63, 3.8) is 0 Å². The Kier molecular flexibility index (Phi) is 2.49. The van der Waals surface area contributed by atoms with Gasteiger partial charge in [-0.15, -0.1) is 0 Å². The van der Waals surface area contributed by atoms with Gasteiger partial charge < -0.3 is 10.0 Å². The minimum atomic E-state index is -0.927. The molecule has 0 amide bonds. The van der Waals surface area contributed by atoms with E-state index in [9.17, 15) is 9.59 Å². The number of fused-ring (bicyclic) bond motifs is 1. The number of hydrogen-bond acceptors (Lipinski definition) is 4. The first-order valence-corrected chi connectivity index (χ1v) is 4.91. The van der Waals surface area contributed by atoms with Gasteiger partial charge in [-0.3, -0.25) is 9.59 Å². The van der Waals surface area contributed by atoms with Crippen molar-refractivity contribution >= 4 is 11.8 Å². The maximum absolute atomic E-state index is 11.8. The number of carbonyl (C=O) groups excluding carboxylic acids is 1. The number of nitriles is 1. The van der Waals surface area contributed by atoms with E-state index in [1.54, 1.807) is 23.3 Å². The third-order valence-corrected chi connectivity index (χ3v) is 2.76. The second-order valence-electron chi connectivity index (χ2n) is 3.87. The SMILES string of the molecule is N#CC1C=CC2=CN(CC(=O)O)CC2C1=O. The largest absolute Gasteiger partial charge is 0.480 e. The van der Waals surface area contributed by atoms with Crippen LogP contribution >= 0.6 is 0 Å². The van der Waals surface area contributed by atoms with E-state index in [0.717, 1.165) is 5.57 Å². The molecule has 5 nitrogen and oxygen atoms in total. The van der Waals surface area contributed by atoms with E-state index in [-0.39, 0.29) is 18.2 Å². The number of nitrogens with zero attached hydrogens (tertiary/aromatic N) is 2. The second-order valence-corrected chi connectivity index (χ2v) is 3.87. The van der Waals surface area contributed by atoms with Gasteiger partial charge >= 0.3 is 5.97 Å². The molecule has 5 heteroatoms. The number of allylic oxidation sites excluding steroid dienone is 2. The Labute approximate surface area is 92.3 Å². The third kappa shape index (κ3) is 1.70. The number of carboxylic acids is 1. The standard InChI is InChI=1S/C11H10N2O3/c12-3-7-1-2-8-4-13(6-10(14)15)5-9(8)11(7)16/h1-2,4,7,9H,5-6H2,(H,14,15). The molecule has 0 saturated heterocycles. The normalized spacial score (nSPS) is 27.3. The van der Waals surface area contributed by atoms with Crippen molar-refractivity contribution in [3.8, 4) is 6.07 Å². The van der Waals surface area contributed by atoms with Crippen molar-refractivity contribution in [3.05, 3.63) is 23.9 Å². The summed E-state index contributed by atoms with van der Waals surface area (Å²) in [5.74, 6) is -2.09. The molecule has 2 unspecified atom stereocenters. The number of Topliss-reactive ketones (excluding diaryl/α,β-unsaturated/α-hetero) is 1. The Hall–Kier alpha value is -2.09. The molecule has 0 aromatic carbocycles. The minimum Gasteiger partial charge on any atom is -0.480 e. The first-order valence-electron chi connectivity index (χ1n) is 4.91. The quantitative estimate of drug-likeness (QED) is 0.714. The lowest BCUT2D eigenvalue weighted by atomic mass is 9.84. The average Bonchev–Trinajstić information content (AvgIpc) is 2.61. The van der Waals surface area contributed by atoms with Gasteiger partial charge in [-0.25, -0.2) is 0 Å². The fourth-order valence-corrected chi connectivity index (χ4v) is 2.02. The zero-order valence-electron chi connectivity index (χ0n) is 8.46. The Morgan fingerprint density at radius 1 is 1.69 bits per heavy atom. The maximum atomic E-state index is 11.8. The van der Waals surface area contributed by atoms with Crippen LogP contribution in [0.5, 0.6) is 0 Å². The number of rotatable bonds is 2. The molecule has 16 heavy (non-hydrogen) atoms. The molecule has 0 fully saturated rings. The van der Waals surface area contributed by atoms with Gasteiger partial charge in [-0.05, 0) is 5.57 Å². The molecule has 0 saturated carbocycles. The summed E-state index contributed by atoms with van der Waals surface area (Å²) in [5, 5.41) is 17.4. The lowest BCUT2D eigenvalue weighted by molar-refractivity contribution is -0.138. The summed E-state index contributed by atoms with van der Waals surface area (Å²) in [5.41, 5.74) is 0.803. The second kappa shape index (κ2) is 3.81. The van der Waals surface area contributed by atoms with Crippen LogP contribution in [0.3, 0.4) is 0 Å². The molecule has 82 valence electrons. The summed E-state index contributed by atoms with van der Waals surface area (Å²) in [7, 11) is 0. The van der Waals surface area contributed by atoms with Crippen LogP contribution in [0.15, 0.2) is 23.9 Å². The van der Waals surface area contributed by atoms with Gasteiger partial charge in [0.15, 0.2) is 5.78 Å². The molecule has 0 bridgehead atoms. The Morgan fingerprint density at radius 2 is 2.44 bits per heavy atom. The smallest absolute Gasteiger partial charge is 0.323 e. The highest BCUT2D eigenvalue weighted by Crippen LogP contribution is 2.30. The van der Waals surface area contributed by atoms with Crippen LogP contribution < -0.4 is 0 Å². The van der Waals surface area contributed by atoms with Crippen LogP contribution in [0.25, 0.3) is 0 Å². The van der Waals surface area contributed by atoms with Crippen molar-refractivity contribution in [1.82, 2.24) is 4.90 Å². The Bertz CT molecular complexity index is 445. The first kappa shape index (κ1) is 10.4. The molecule has 2 aliphatic rings. The van der Waals surface area contributed by atoms with Gasteiger partial charge in [0.25, 0.3) is 0 Å². The van der Waals surface area contributed by atoms with Gasteiger partial charge in [-0.1, -0.05) is 12.2 Å². The first-order chi connectivity index (χ1) is 7.61. The Balaban J connectivity index is 2.16. The predicted molar refractivity (Wildman–Crippen MR) is 54.0 cm³/mol. The topological polar surface area (TPSA) is 81.4 Å². The van der Waals surface area contributed by atoms with E-state index in [1.165, 1.54) is 0 Å². The van der Waals surface area contributed by atoms with Crippen molar-refractivity contribution in [2.24, 2.45) is 11.8 Å². The van der Waals surface area contributed by atoms with Crippen LogP contribution in [0.2, 0.25) is 0 Å². The summed E-state index contributed by atoms with van der Waals surface area (Å²) in [4.78, 5) is 23.9. The summed E-state index contributed by atoms with van der Waals surface area (Å²) in [6.45, 7) is 0.251. The highest BCUT2D eigenvalue weighted by molar-refractivity contribution is 5.92. The zero-order valence-corrected chi connectivity index (χ0v) is 8.46. The van der Waals surface area contributed by atoms with Crippen molar-refractivity contribution in [1.29, 1.82) is 5.26 Å². The van der Waals surface area contributed by atoms with Crippen LogP contribution in [0.4, 0.5) is 0 Å². The summed E-state index contributed by atoms with van der Waals surface area (Å²) in [6.07, 6.45) is 4.98. The average molecular weight is 218 g/mol. The van der Waals surface area contributed by atoms with E-state index in [4.69, 9.17) is 10.4 Å². The van der Waals surface area contributed by atoms with E-state index < -0.39 is 11.9 Å². The van der Waals surface area contributed by atoms with Crippen LogP contribution in [-0.4, -0.2) is 34.8 Å². The number of aliphatic carboxylic acids is 1. The molecule has 0 aromatic rings. The van der Waals surface area contributed by atoms with Gasteiger partial charge in [0, 0.05) is 12.7 Å². The fraction of sp³-hybridized carbons (Fsp3) is 0.364. The van der Waals surface area contributed by atoms with Crippen molar-refractivity contribution in [2.45, 2.75) is 0 Å². The molecule has 1 aliphatic heterocycles. The lowest BCUT2D eigenvalue weighted by Gasteiger charge is -2.18. The highest BCUT2D eigenvalue weighted by Gasteiger charge is 2.36. The molecular formula is C11H10N2O3. The lowest BCUT2D eigenvalue weighted by Crippen LogP contribution is -2.31. The number of ketones is 1. The maximum Gasteiger partial charge on any atom is 0.323 e. The molecule has 2 rings (SSSR count). The molecule has 2 atom stereocenters. The predicted octanol–water partition coefficient (Wildman–Crippen LogP) is 0.165. The third-order valence-electron chi connectivity index (χ3n) is 2.76. The zero-order chi connectivity index (χ0) is 11.7. The van der Waals surface area contributed by atoms with E-state index >= 15 is 0 Å². The monoisotopic (exact) mass is 218 g/mol. The van der Waals surface area contributed by atoms with Crippen molar-refractivity contribution < 1.29 is 14.7 Å². The number of hydrogen-bond donors (Lipinski definition) is 1. The van der Waals surface area contributed by atoms with Crippen molar-refractivity contribution in [2.75, 3.05) is 13.1 Å². The van der Waals surface area contributed by atoms with Gasteiger partial charge in [0.1, 0.15) is 12.5 Å². The van der Waals surface area contributed by atoms with Gasteiger partial charge in [-0.2, -0.15) is 5.26 Å². The van der Waals surface area contributed by atoms with E-state index in [2.05, 4.69) is 0 Å². The van der Waals surface area contributed by atoms with Gasteiger partial charge in [0.05, 0.1) is 12.0 Å². The number of carboxylic acid groups (broad SMARTS) is 1. The van der Waals surface area contributed by atoms with Crippen LogP contribution in [0.1, 0.15) is 0 Å². The van der Waals surface area contributed by atoms with Gasteiger partial charge in [0.2, 0.25) is 0 Å². The molecule has 1 heterocycles. The fourth-order valence-electron chi connectivity index (χ4n) is 2.02. The summed E-state index contributed by atoms with van der Waals surface area (Å²) < 4.78 is 0. The van der Waals surface area contributed by atoms with Crippen LogP contribution in [-0.2, 0) is 9.59 Å². The molecule has 0 spiro atoms. The summed E-state index contributed by atoms with van der Waals surface area (Å²) in [6, 6.07) is 1.92. The van der Waals surface area contributed by atoms with Crippen LogP contribution in [0, 0.1) is 23.2 Å². The molecular weight excluding hydrogens is 208 g/mol. The Morgan fingerprint density at radius 3 is 3.06 bits per heavy atom. The molecule has 0 radical (unpaired) electrons. The molecule has 1 N–H and O–H groups in total. The molecule has 0 aromatic heterocycles. The molecule has 1 aliphatic carbocycles. The van der Waals surface area contributed by atoms with E-state index in [1.807, 2.05) is 6.07 Å². The van der Waals surface area contributed by atoms with E-state index in [0.29, 0.717) is 6.54 Å². The minimum absolute atomic E-state index is 0.113. The summed E-state index contributed by atoms with van der Waals surface area (Å²) >= 11 is 0.